The molecule has 5 nitrogen and oxygen atoms in total. The van der Waals surface area contributed by atoms with Gasteiger partial charge < -0.3 is 10.1 Å². The van der Waals surface area contributed by atoms with Crippen LogP contribution in [0.3, 0.4) is 0 Å². The third-order valence-corrected chi connectivity index (χ3v) is 4.61. The predicted octanol–water partition coefficient (Wildman–Crippen LogP) is 3.82. The van der Waals surface area contributed by atoms with Crippen LogP contribution in [0.2, 0.25) is 0 Å². The molecule has 0 spiro atoms. The quantitative estimate of drug-likeness (QED) is 0.453. The fraction of sp³-hybridized carbons (Fsp3) is 0.263. The van der Waals surface area contributed by atoms with Crippen molar-refractivity contribution >= 4 is 22.9 Å². The maximum absolute atomic E-state index is 8.67. The average molecular weight is 320 g/mol. The smallest absolute Gasteiger partial charge is 0.100 e. The molecule has 0 atom stereocenters. The van der Waals surface area contributed by atoms with E-state index in [1.807, 2.05) is 24.5 Å². The lowest BCUT2D eigenvalue weighted by Gasteiger charge is -2.29. The number of anilines is 1. The topological polar surface area (TPSA) is 53.7 Å². The van der Waals surface area contributed by atoms with Crippen LogP contribution in [0, 0.1) is 0 Å². The zero-order chi connectivity index (χ0) is 16.4. The van der Waals surface area contributed by atoms with Crippen LogP contribution in [0.15, 0.2) is 53.9 Å². The number of rotatable bonds is 3. The van der Waals surface area contributed by atoms with Gasteiger partial charge in [-0.25, -0.2) is 4.98 Å². The molecule has 3 aromatic rings. The normalized spacial score (nSPS) is 15.4. The lowest BCUT2D eigenvalue weighted by Crippen LogP contribution is -2.29. The lowest BCUT2D eigenvalue weighted by atomic mass is 10.1. The number of nitrogens with zero attached hydrogens (tertiary/aromatic N) is 4. The summed E-state index contributed by atoms with van der Waals surface area (Å²) in [6, 6.07) is 14.5. The van der Waals surface area contributed by atoms with E-state index in [1.54, 1.807) is 0 Å². The first-order valence-electron chi connectivity index (χ1n) is 8.35. The van der Waals surface area contributed by atoms with E-state index in [0.29, 0.717) is 0 Å². The van der Waals surface area contributed by atoms with Gasteiger partial charge in [-0.3, -0.25) is 4.57 Å². The van der Waals surface area contributed by atoms with Crippen LogP contribution in [0.25, 0.3) is 16.7 Å². The van der Waals surface area contributed by atoms with E-state index < -0.39 is 0 Å². The van der Waals surface area contributed by atoms with Gasteiger partial charge in [0, 0.05) is 24.5 Å². The van der Waals surface area contributed by atoms with Gasteiger partial charge in [0.05, 0.1) is 17.2 Å². The zero-order valence-corrected chi connectivity index (χ0v) is 13.5. The van der Waals surface area contributed by atoms with E-state index in [4.69, 9.17) is 5.21 Å². The number of imidazole rings is 1. The van der Waals surface area contributed by atoms with Crippen molar-refractivity contribution in [2.45, 2.75) is 19.3 Å². The third kappa shape index (κ3) is 2.73. The summed E-state index contributed by atoms with van der Waals surface area (Å²) in [6.07, 6.45) is 7.14. The van der Waals surface area contributed by atoms with Crippen molar-refractivity contribution in [2.24, 2.45) is 5.16 Å². The molecule has 1 aliphatic rings. The first kappa shape index (κ1) is 14.8. The molecule has 1 saturated heterocycles. The molecule has 122 valence electrons. The van der Waals surface area contributed by atoms with Gasteiger partial charge in [0.1, 0.15) is 6.33 Å². The van der Waals surface area contributed by atoms with Crippen molar-refractivity contribution in [2.75, 3.05) is 18.0 Å². The summed E-state index contributed by atoms with van der Waals surface area (Å²) >= 11 is 0. The van der Waals surface area contributed by atoms with Crippen LogP contribution in [0.4, 0.5) is 5.69 Å². The molecule has 0 unspecified atom stereocenters. The second kappa shape index (κ2) is 6.35. The molecule has 0 radical (unpaired) electrons. The molecule has 0 amide bonds. The van der Waals surface area contributed by atoms with Crippen LogP contribution in [-0.4, -0.2) is 34.1 Å². The molecule has 5 heteroatoms. The summed E-state index contributed by atoms with van der Waals surface area (Å²) in [5.41, 5.74) is 5.15. The number of fused-ring (bicyclic) bond motifs is 1. The van der Waals surface area contributed by atoms with Crippen molar-refractivity contribution in [3.05, 3.63) is 54.4 Å². The Balaban J connectivity index is 1.72. The van der Waals surface area contributed by atoms with Gasteiger partial charge in [-0.1, -0.05) is 17.3 Å². The molecule has 1 aromatic heterocycles. The maximum Gasteiger partial charge on any atom is 0.100 e. The Kier molecular flexibility index (Phi) is 3.91. The Labute approximate surface area is 140 Å². The van der Waals surface area contributed by atoms with E-state index in [0.717, 1.165) is 35.4 Å². The number of aromatic nitrogens is 2. The summed E-state index contributed by atoms with van der Waals surface area (Å²) in [5.74, 6) is 0. The maximum atomic E-state index is 8.67. The standard InChI is InChI=1S/C19H20N4O/c24-21-13-15-7-8-19-18(11-15)20-14-23(19)17-6-4-5-16(12-17)22-9-2-1-3-10-22/h4-8,11-14,24H,1-3,9-10H2. The number of piperidine rings is 1. The second-order valence-corrected chi connectivity index (χ2v) is 6.17. The van der Waals surface area contributed by atoms with Gasteiger partial charge in [-0.15, -0.1) is 0 Å². The van der Waals surface area contributed by atoms with Crippen LogP contribution >= 0.6 is 0 Å². The fourth-order valence-corrected chi connectivity index (χ4v) is 3.37. The molecule has 4 rings (SSSR count). The molecule has 1 fully saturated rings. The monoisotopic (exact) mass is 320 g/mol. The van der Waals surface area contributed by atoms with Crippen molar-refractivity contribution in [3.8, 4) is 5.69 Å². The van der Waals surface area contributed by atoms with E-state index >= 15 is 0 Å². The third-order valence-electron chi connectivity index (χ3n) is 4.61. The number of benzene rings is 2. The number of hydrogen-bond donors (Lipinski definition) is 1. The van der Waals surface area contributed by atoms with Crippen LogP contribution in [0.5, 0.6) is 0 Å². The Bertz CT molecular complexity index is 878. The molecule has 2 aromatic carbocycles. The van der Waals surface area contributed by atoms with Gasteiger partial charge in [0.15, 0.2) is 0 Å². The molecule has 0 saturated carbocycles. The summed E-state index contributed by atoms with van der Waals surface area (Å²) in [4.78, 5) is 6.95. The summed E-state index contributed by atoms with van der Waals surface area (Å²) in [7, 11) is 0. The minimum atomic E-state index is 0.831. The molecule has 1 N–H and O–H groups in total. The highest BCUT2D eigenvalue weighted by Crippen LogP contribution is 2.25. The number of oxime groups is 1. The SMILES string of the molecule is ON=Cc1ccc2c(c1)ncn2-c1cccc(N2CCCCC2)c1. The van der Waals surface area contributed by atoms with Crippen molar-refractivity contribution in [1.29, 1.82) is 0 Å². The lowest BCUT2D eigenvalue weighted by molar-refractivity contribution is 0.322. The van der Waals surface area contributed by atoms with E-state index in [2.05, 4.69) is 43.9 Å². The molecule has 0 bridgehead atoms. The predicted molar refractivity (Wildman–Crippen MR) is 96.5 cm³/mol. The highest BCUT2D eigenvalue weighted by molar-refractivity contribution is 5.87. The van der Waals surface area contributed by atoms with Gasteiger partial charge in [0.2, 0.25) is 0 Å². The van der Waals surface area contributed by atoms with Crippen LogP contribution < -0.4 is 4.90 Å². The molecular formula is C19H20N4O. The van der Waals surface area contributed by atoms with Crippen molar-refractivity contribution in [3.63, 3.8) is 0 Å². The largest absolute Gasteiger partial charge is 0.411 e. The summed E-state index contributed by atoms with van der Waals surface area (Å²) in [6.45, 7) is 2.27. The van der Waals surface area contributed by atoms with Gasteiger partial charge >= 0.3 is 0 Å². The highest BCUT2D eigenvalue weighted by Gasteiger charge is 2.12. The van der Waals surface area contributed by atoms with E-state index in [9.17, 15) is 0 Å². The minimum absolute atomic E-state index is 0.831. The molecule has 24 heavy (non-hydrogen) atoms. The van der Waals surface area contributed by atoms with Gasteiger partial charge in [0.25, 0.3) is 0 Å². The molecule has 1 aliphatic heterocycles. The molecule has 0 aliphatic carbocycles. The Morgan fingerprint density at radius 2 is 1.83 bits per heavy atom. The Morgan fingerprint density at radius 3 is 2.67 bits per heavy atom. The van der Waals surface area contributed by atoms with Crippen LogP contribution in [-0.2, 0) is 0 Å². The zero-order valence-electron chi connectivity index (χ0n) is 13.5. The van der Waals surface area contributed by atoms with E-state index in [-0.39, 0.29) is 0 Å². The summed E-state index contributed by atoms with van der Waals surface area (Å²) < 4.78 is 2.10. The van der Waals surface area contributed by atoms with Crippen LogP contribution in [0.1, 0.15) is 24.8 Å². The van der Waals surface area contributed by atoms with Crippen molar-refractivity contribution in [1.82, 2.24) is 9.55 Å². The Morgan fingerprint density at radius 1 is 1.00 bits per heavy atom. The van der Waals surface area contributed by atoms with Crippen molar-refractivity contribution < 1.29 is 5.21 Å². The second-order valence-electron chi connectivity index (χ2n) is 6.17. The average Bonchev–Trinajstić information content (AvgIpc) is 3.06. The molecular weight excluding hydrogens is 300 g/mol. The highest BCUT2D eigenvalue weighted by atomic mass is 16.4. The minimum Gasteiger partial charge on any atom is -0.411 e. The first-order valence-corrected chi connectivity index (χ1v) is 8.35. The van der Waals surface area contributed by atoms with Gasteiger partial charge in [-0.05, 0) is 55.2 Å². The van der Waals surface area contributed by atoms with E-state index in [1.165, 1.54) is 31.2 Å². The molecule has 2 heterocycles. The van der Waals surface area contributed by atoms with Gasteiger partial charge in [-0.2, -0.15) is 0 Å². The number of hydrogen-bond acceptors (Lipinski definition) is 4. The summed E-state index contributed by atoms with van der Waals surface area (Å²) in [5, 5.41) is 11.7. The first-order chi connectivity index (χ1) is 11.8. The fourth-order valence-electron chi connectivity index (χ4n) is 3.37. The Hall–Kier alpha value is -2.82.